The Labute approximate surface area is 97.1 Å². The van der Waals surface area contributed by atoms with Crippen molar-refractivity contribution in [3.8, 4) is 11.3 Å². The van der Waals surface area contributed by atoms with Crippen LogP contribution in [0.2, 0.25) is 5.02 Å². The van der Waals surface area contributed by atoms with Gasteiger partial charge in [0.2, 0.25) is 0 Å². The quantitative estimate of drug-likeness (QED) is 0.871. The van der Waals surface area contributed by atoms with Crippen LogP contribution in [0.5, 0.6) is 0 Å². The zero-order valence-electron chi connectivity index (χ0n) is 8.51. The van der Waals surface area contributed by atoms with Crippen LogP contribution in [0.4, 0.5) is 0 Å². The number of hydrogen-bond donors (Lipinski definition) is 1. The Morgan fingerprint density at radius 3 is 2.88 bits per heavy atom. The van der Waals surface area contributed by atoms with Gasteiger partial charge in [-0.3, -0.25) is 4.68 Å². The molecular formula is C11H9ClN2O2. The maximum Gasteiger partial charge on any atom is 0.339 e. The molecule has 0 atom stereocenters. The van der Waals surface area contributed by atoms with Gasteiger partial charge < -0.3 is 5.11 Å². The van der Waals surface area contributed by atoms with Gasteiger partial charge in [0, 0.05) is 23.8 Å². The minimum absolute atomic E-state index is 0.171. The van der Waals surface area contributed by atoms with Gasteiger partial charge in [-0.15, -0.1) is 0 Å². The molecule has 0 unspecified atom stereocenters. The summed E-state index contributed by atoms with van der Waals surface area (Å²) in [5, 5.41) is 13.7. The fraction of sp³-hybridized carbons (Fsp3) is 0.0909. The van der Waals surface area contributed by atoms with Gasteiger partial charge in [0.1, 0.15) is 11.3 Å². The lowest BCUT2D eigenvalue weighted by molar-refractivity contribution is 0.0697. The first-order valence-corrected chi connectivity index (χ1v) is 4.98. The number of hydrogen-bond acceptors (Lipinski definition) is 2. The van der Waals surface area contributed by atoms with Crippen LogP contribution in [0.15, 0.2) is 30.5 Å². The molecule has 0 saturated carbocycles. The normalized spacial score (nSPS) is 10.4. The van der Waals surface area contributed by atoms with Crippen LogP contribution in [-0.2, 0) is 7.05 Å². The average Bonchev–Trinajstić information content (AvgIpc) is 2.60. The molecule has 1 aromatic carbocycles. The summed E-state index contributed by atoms with van der Waals surface area (Å²) in [7, 11) is 1.68. The number of benzene rings is 1. The van der Waals surface area contributed by atoms with Crippen molar-refractivity contribution in [2.75, 3.05) is 0 Å². The Morgan fingerprint density at radius 2 is 2.25 bits per heavy atom. The molecule has 4 nitrogen and oxygen atoms in total. The van der Waals surface area contributed by atoms with Crippen LogP contribution in [0, 0.1) is 0 Å². The summed E-state index contributed by atoms with van der Waals surface area (Å²) in [4.78, 5) is 11.0. The molecule has 0 aliphatic carbocycles. The van der Waals surface area contributed by atoms with Crippen LogP contribution in [0.1, 0.15) is 10.4 Å². The number of aromatic carboxylic acids is 1. The lowest BCUT2D eigenvalue weighted by atomic mass is 10.1. The summed E-state index contributed by atoms with van der Waals surface area (Å²) in [6.07, 6.45) is 1.47. The van der Waals surface area contributed by atoms with E-state index in [1.807, 2.05) is 0 Å². The molecule has 2 aromatic rings. The number of aryl methyl sites for hydroxylation is 1. The second kappa shape index (κ2) is 3.98. The van der Waals surface area contributed by atoms with Gasteiger partial charge in [-0.25, -0.2) is 4.79 Å². The minimum Gasteiger partial charge on any atom is -0.478 e. The van der Waals surface area contributed by atoms with Gasteiger partial charge in [-0.2, -0.15) is 5.10 Å². The number of aromatic nitrogens is 2. The molecule has 16 heavy (non-hydrogen) atoms. The summed E-state index contributed by atoms with van der Waals surface area (Å²) in [5.74, 6) is -0.997. The largest absolute Gasteiger partial charge is 0.478 e. The van der Waals surface area contributed by atoms with E-state index >= 15 is 0 Å². The van der Waals surface area contributed by atoms with Crippen LogP contribution in [0.25, 0.3) is 11.3 Å². The number of halogens is 1. The van der Waals surface area contributed by atoms with Crippen molar-refractivity contribution >= 4 is 17.6 Å². The molecule has 0 radical (unpaired) electrons. The zero-order valence-corrected chi connectivity index (χ0v) is 9.27. The minimum atomic E-state index is -0.997. The Kier molecular flexibility index (Phi) is 2.66. The summed E-state index contributed by atoms with van der Waals surface area (Å²) in [5.41, 5.74) is 1.30. The average molecular weight is 237 g/mol. The SMILES string of the molecule is Cn1cc(C(=O)O)c(-c2cccc(Cl)c2)n1. The molecule has 1 N–H and O–H groups in total. The molecule has 1 aromatic heterocycles. The van der Waals surface area contributed by atoms with Gasteiger partial charge in [-0.1, -0.05) is 23.7 Å². The Morgan fingerprint density at radius 1 is 1.50 bits per heavy atom. The highest BCUT2D eigenvalue weighted by Crippen LogP contribution is 2.24. The van der Waals surface area contributed by atoms with E-state index in [1.165, 1.54) is 10.9 Å². The number of carboxylic acids is 1. The molecule has 1 heterocycles. The number of rotatable bonds is 2. The van der Waals surface area contributed by atoms with Gasteiger partial charge in [0.05, 0.1) is 0 Å². The molecule has 0 saturated heterocycles. The van der Waals surface area contributed by atoms with Crippen molar-refractivity contribution in [1.82, 2.24) is 9.78 Å². The molecule has 5 heteroatoms. The summed E-state index contributed by atoms with van der Waals surface area (Å²) in [6.45, 7) is 0. The lowest BCUT2D eigenvalue weighted by Gasteiger charge is -1.99. The van der Waals surface area contributed by atoms with Crippen LogP contribution in [0.3, 0.4) is 0 Å². The van der Waals surface area contributed by atoms with Gasteiger partial charge >= 0.3 is 5.97 Å². The first kappa shape index (κ1) is 10.7. The fourth-order valence-electron chi connectivity index (χ4n) is 1.49. The molecule has 0 fully saturated rings. The summed E-state index contributed by atoms with van der Waals surface area (Å²) in [6, 6.07) is 6.96. The predicted molar refractivity (Wildman–Crippen MR) is 60.6 cm³/mol. The number of carboxylic acid groups (broad SMARTS) is 1. The highest BCUT2D eigenvalue weighted by Gasteiger charge is 2.15. The molecule has 0 aliphatic heterocycles. The van der Waals surface area contributed by atoms with E-state index in [4.69, 9.17) is 16.7 Å². The van der Waals surface area contributed by atoms with Crippen molar-refractivity contribution in [2.45, 2.75) is 0 Å². The molecule has 2 rings (SSSR count). The molecule has 82 valence electrons. The van der Waals surface area contributed by atoms with E-state index < -0.39 is 5.97 Å². The standard InChI is InChI=1S/C11H9ClN2O2/c1-14-6-9(11(15)16)10(13-14)7-3-2-4-8(12)5-7/h2-6H,1H3,(H,15,16). The van der Waals surface area contributed by atoms with E-state index in [1.54, 1.807) is 31.3 Å². The molecular weight excluding hydrogens is 228 g/mol. The fourth-order valence-corrected chi connectivity index (χ4v) is 1.68. The van der Waals surface area contributed by atoms with E-state index in [0.717, 1.165) is 0 Å². The van der Waals surface area contributed by atoms with Gasteiger partial charge in [-0.05, 0) is 12.1 Å². The van der Waals surface area contributed by atoms with E-state index in [-0.39, 0.29) is 5.56 Å². The third-order valence-electron chi connectivity index (χ3n) is 2.16. The van der Waals surface area contributed by atoms with E-state index in [9.17, 15) is 4.79 Å². The zero-order chi connectivity index (χ0) is 11.7. The summed E-state index contributed by atoms with van der Waals surface area (Å²) >= 11 is 5.85. The second-order valence-corrected chi connectivity index (χ2v) is 3.82. The maximum atomic E-state index is 11.0. The van der Waals surface area contributed by atoms with E-state index in [2.05, 4.69) is 5.10 Å². The van der Waals surface area contributed by atoms with Crippen LogP contribution < -0.4 is 0 Å². The highest BCUT2D eigenvalue weighted by molar-refractivity contribution is 6.30. The van der Waals surface area contributed by atoms with E-state index in [0.29, 0.717) is 16.3 Å². The molecule has 0 bridgehead atoms. The third kappa shape index (κ3) is 1.92. The Bertz CT molecular complexity index is 549. The van der Waals surface area contributed by atoms with Crippen molar-refractivity contribution in [3.63, 3.8) is 0 Å². The van der Waals surface area contributed by atoms with Crippen molar-refractivity contribution in [2.24, 2.45) is 7.05 Å². The Hall–Kier alpha value is -1.81. The monoisotopic (exact) mass is 236 g/mol. The number of nitrogens with zero attached hydrogens (tertiary/aromatic N) is 2. The number of carbonyl (C=O) groups is 1. The summed E-state index contributed by atoms with van der Waals surface area (Å²) < 4.78 is 1.47. The first-order valence-electron chi connectivity index (χ1n) is 4.61. The van der Waals surface area contributed by atoms with Crippen LogP contribution in [-0.4, -0.2) is 20.9 Å². The topological polar surface area (TPSA) is 55.1 Å². The van der Waals surface area contributed by atoms with Crippen molar-refractivity contribution in [1.29, 1.82) is 0 Å². The molecule has 0 aliphatic rings. The van der Waals surface area contributed by atoms with Crippen molar-refractivity contribution < 1.29 is 9.90 Å². The Balaban J connectivity index is 2.59. The van der Waals surface area contributed by atoms with Crippen LogP contribution >= 0.6 is 11.6 Å². The smallest absolute Gasteiger partial charge is 0.339 e. The second-order valence-electron chi connectivity index (χ2n) is 3.38. The van der Waals surface area contributed by atoms with Gasteiger partial charge in [0.25, 0.3) is 0 Å². The third-order valence-corrected chi connectivity index (χ3v) is 2.39. The first-order chi connectivity index (χ1) is 7.58. The van der Waals surface area contributed by atoms with Crippen molar-refractivity contribution in [3.05, 3.63) is 41.0 Å². The van der Waals surface area contributed by atoms with Gasteiger partial charge in [0.15, 0.2) is 0 Å². The molecule has 0 spiro atoms. The highest BCUT2D eigenvalue weighted by atomic mass is 35.5. The maximum absolute atomic E-state index is 11.0. The lowest BCUT2D eigenvalue weighted by Crippen LogP contribution is -1.96. The predicted octanol–water partition coefficient (Wildman–Crippen LogP) is 2.44. The molecule has 0 amide bonds.